The quantitative estimate of drug-likeness (QED) is 0.266. The molecule has 0 saturated heterocycles. The number of aromatic hydroxyl groups is 1. The number of phenolic OH excluding ortho intramolecular Hbond substituents is 1. The first-order valence-electron chi connectivity index (χ1n) is 11.8. The van der Waals surface area contributed by atoms with Gasteiger partial charge in [0.2, 0.25) is 0 Å². The van der Waals surface area contributed by atoms with Gasteiger partial charge < -0.3 is 5.11 Å². The Hall–Kier alpha value is -4.42. The fourth-order valence-electron chi connectivity index (χ4n) is 5.11. The molecule has 1 aliphatic carbocycles. The third-order valence-corrected chi connectivity index (χ3v) is 8.35. The van der Waals surface area contributed by atoms with Crippen molar-refractivity contribution in [1.82, 2.24) is 4.57 Å². The Morgan fingerprint density at radius 2 is 1.69 bits per heavy atom. The molecule has 0 saturated carbocycles. The summed E-state index contributed by atoms with van der Waals surface area (Å²) in [5, 5.41) is 32.8. The van der Waals surface area contributed by atoms with Crippen molar-refractivity contribution < 1.29 is 15.0 Å². The Balaban J connectivity index is 1.61. The van der Waals surface area contributed by atoms with Gasteiger partial charge in [-0.3, -0.25) is 29.6 Å². The molecular weight excluding hydrogens is 588 g/mol. The first kappa shape index (κ1) is 24.9. The van der Waals surface area contributed by atoms with E-state index in [-0.39, 0.29) is 15.7 Å². The van der Waals surface area contributed by atoms with Crippen LogP contribution in [0.3, 0.4) is 0 Å². The Labute approximate surface area is 231 Å². The van der Waals surface area contributed by atoms with Gasteiger partial charge in [-0.25, -0.2) is 4.99 Å². The van der Waals surface area contributed by atoms with Crippen LogP contribution in [0.2, 0.25) is 0 Å². The molecule has 12 heteroatoms. The van der Waals surface area contributed by atoms with E-state index >= 15 is 0 Å². The standard InChI is InChI=1S/C27H17BrN4O6S/c28-17-8-5-16(6-9-17)24-19-10-7-15-3-1-2-4-18(15)23(19)29-27-30(24)26(34)22(39-27)13-14-11-20(31(35)36)25(33)21(12-14)32(37)38/h1-6,8-9,11-13,24,33H,7,10H2/b22-13-/t24-/m0/s1. The number of thiazole rings is 1. The Morgan fingerprint density at radius 1 is 1.03 bits per heavy atom. The van der Waals surface area contributed by atoms with Crippen molar-refractivity contribution in [2.24, 2.45) is 4.99 Å². The molecule has 194 valence electrons. The number of rotatable bonds is 4. The summed E-state index contributed by atoms with van der Waals surface area (Å²) in [7, 11) is 0. The van der Waals surface area contributed by atoms with Crippen molar-refractivity contribution in [3.8, 4) is 5.75 Å². The van der Waals surface area contributed by atoms with E-state index in [1.54, 1.807) is 4.57 Å². The highest BCUT2D eigenvalue weighted by Gasteiger charge is 2.33. The number of hydrogen-bond acceptors (Lipinski definition) is 8. The van der Waals surface area contributed by atoms with Crippen LogP contribution in [0.25, 0.3) is 11.8 Å². The molecule has 0 unspecified atom stereocenters. The van der Waals surface area contributed by atoms with Gasteiger partial charge in [0.25, 0.3) is 11.3 Å². The number of allylic oxidation sites excluding steroid dienone is 1. The molecule has 1 atom stereocenters. The van der Waals surface area contributed by atoms with Crippen LogP contribution in [-0.2, 0) is 6.42 Å². The summed E-state index contributed by atoms with van der Waals surface area (Å²) in [6.07, 6.45) is 2.89. The molecule has 1 N–H and O–H groups in total. The number of phenols is 1. The Bertz CT molecular complexity index is 1890. The average Bonchev–Trinajstić information content (AvgIpc) is 3.22. The molecule has 6 rings (SSSR count). The number of halogens is 1. The third-order valence-electron chi connectivity index (χ3n) is 6.84. The monoisotopic (exact) mass is 604 g/mol. The van der Waals surface area contributed by atoms with E-state index < -0.39 is 33.0 Å². The fraction of sp³-hybridized carbons (Fsp3) is 0.111. The van der Waals surface area contributed by atoms with Gasteiger partial charge in [-0.1, -0.05) is 63.7 Å². The average molecular weight is 605 g/mol. The molecule has 3 aromatic carbocycles. The van der Waals surface area contributed by atoms with E-state index in [0.29, 0.717) is 11.2 Å². The maximum Gasteiger partial charge on any atom is 0.318 e. The lowest BCUT2D eigenvalue weighted by Gasteiger charge is -2.30. The number of benzene rings is 3. The minimum absolute atomic E-state index is 0.0470. The van der Waals surface area contributed by atoms with Gasteiger partial charge in [0.15, 0.2) is 4.80 Å². The molecule has 1 aliphatic heterocycles. The van der Waals surface area contributed by atoms with E-state index in [1.807, 2.05) is 42.5 Å². The van der Waals surface area contributed by atoms with Gasteiger partial charge in [-0.2, -0.15) is 0 Å². The number of nitro groups is 2. The molecule has 4 aromatic rings. The van der Waals surface area contributed by atoms with Crippen molar-refractivity contribution in [3.05, 3.63) is 133 Å². The largest absolute Gasteiger partial charge is 0.497 e. The first-order chi connectivity index (χ1) is 18.7. The maximum atomic E-state index is 13.8. The van der Waals surface area contributed by atoms with E-state index in [9.17, 15) is 30.1 Å². The zero-order valence-corrected chi connectivity index (χ0v) is 22.3. The van der Waals surface area contributed by atoms with Crippen LogP contribution in [-0.4, -0.2) is 19.5 Å². The second-order valence-electron chi connectivity index (χ2n) is 9.09. The zero-order chi connectivity index (χ0) is 27.4. The summed E-state index contributed by atoms with van der Waals surface area (Å²) >= 11 is 4.57. The van der Waals surface area contributed by atoms with Gasteiger partial charge in [0.1, 0.15) is 0 Å². The number of aromatic nitrogens is 1. The smallest absolute Gasteiger partial charge is 0.318 e. The number of nitrogens with zero attached hydrogens (tertiary/aromatic N) is 4. The fourth-order valence-corrected chi connectivity index (χ4v) is 6.37. The second kappa shape index (κ2) is 9.40. The topological polar surface area (TPSA) is 141 Å². The third kappa shape index (κ3) is 4.17. The highest BCUT2D eigenvalue weighted by molar-refractivity contribution is 9.10. The predicted octanol–water partition coefficient (Wildman–Crippen LogP) is 4.60. The predicted molar refractivity (Wildman–Crippen MR) is 148 cm³/mol. The van der Waals surface area contributed by atoms with Gasteiger partial charge in [0, 0.05) is 22.2 Å². The van der Waals surface area contributed by atoms with Crippen molar-refractivity contribution in [2.75, 3.05) is 0 Å². The summed E-state index contributed by atoms with van der Waals surface area (Å²) in [5.74, 6) is -1.04. The van der Waals surface area contributed by atoms with Crippen molar-refractivity contribution in [2.45, 2.75) is 18.9 Å². The van der Waals surface area contributed by atoms with E-state index in [4.69, 9.17) is 4.99 Å². The number of fused-ring (bicyclic) bond motifs is 3. The number of nitro benzene ring substituents is 2. The van der Waals surface area contributed by atoms with E-state index in [2.05, 4.69) is 22.0 Å². The summed E-state index contributed by atoms with van der Waals surface area (Å²) < 4.78 is 2.73. The van der Waals surface area contributed by atoms with Gasteiger partial charge in [-0.05, 0) is 53.3 Å². The number of aryl methyl sites for hydroxylation is 1. The first-order valence-corrected chi connectivity index (χ1v) is 13.4. The lowest BCUT2D eigenvalue weighted by atomic mass is 9.83. The highest BCUT2D eigenvalue weighted by atomic mass is 79.9. The molecule has 10 nitrogen and oxygen atoms in total. The van der Waals surface area contributed by atoms with Crippen LogP contribution in [0.1, 0.15) is 34.7 Å². The molecule has 39 heavy (non-hydrogen) atoms. The minimum Gasteiger partial charge on any atom is -0.497 e. The molecule has 2 aliphatic rings. The van der Waals surface area contributed by atoms with Crippen LogP contribution in [0.4, 0.5) is 11.4 Å². The lowest BCUT2D eigenvalue weighted by Crippen LogP contribution is -2.38. The van der Waals surface area contributed by atoms with Crippen LogP contribution in [0.15, 0.2) is 80.5 Å². The van der Waals surface area contributed by atoms with Gasteiger partial charge >= 0.3 is 11.4 Å². The molecule has 0 spiro atoms. The molecule has 0 amide bonds. The molecule has 0 radical (unpaired) electrons. The Morgan fingerprint density at radius 3 is 2.36 bits per heavy atom. The van der Waals surface area contributed by atoms with Crippen LogP contribution in [0.5, 0.6) is 5.75 Å². The molecule has 0 fully saturated rings. The minimum atomic E-state index is -1.04. The molecular formula is C27H17BrN4O6S. The molecule has 2 heterocycles. The normalized spacial score (nSPS) is 16.2. The molecule has 1 aromatic heterocycles. The van der Waals surface area contributed by atoms with Crippen LogP contribution in [0, 0.1) is 20.2 Å². The molecule has 0 bridgehead atoms. The summed E-state index contributed by atoms with van der Waals surface area (Å²) in [5.41, 5.74) is 3.00. The summed E-state index contributed by atoms with van der Waals surface area (Å²) in [6.45, 7) is 0. The summed E-state index contributed by atoms with van der Waals surface area (Å²) in [6, 6.07) is 17.4. The lowest BCUT2D eigenvalue weighted by molar-refractivity contribution is -0.396. The van der Waals surface area contributed by atoms with Crippen molar-refractivity contribution >= 4 is 50.4 Å². The van der Waals surface area contributed by atoms with Gasteiger partial charge in [0.05, 0.1) is 26.1 Å². The zero-order valence-electron chi connectivity index (χ0n) is 19.9. The van der Waals surface area contributed by atoms with E-state index in [1.165, 1.54) is 11.6 Å². The SMILES string of the molecule is O=c1/c(=C/c2cc([N+](=O)[O-])c(O)c([N+](=O)[O-])c2)sc2n1[C@@H](c1ccc(Br)cc1)C1=C(N=2)c2ccccc2CC1. The number of hydrogen-bond donors (Lipinski definition) is 1. The maximum absolute atomic E-state index is 13.8. The van der Waals surface area contributed by atoms with Crippen molar-refractivity contribution in [1.29, 1.82) is 0 Å². The van der Waals surface area contributed by atoms with Crippen LogP contribution < -0.4 is 14.9 Å². The van der Waals surface area contributed by atoms with Crippen molar-refractivity contribution in [3.63, 3.8) is 0 Å². The highest BCUT2D eigenvalue weighted by Crippen LogP contribution is 2.41. The van der Waals surface area contributed by atoms with Gasteiger partial charge in [-0.15, -0.1) is 0 Å². The van der Waals surface area contributed by atoms with E-state index in [0.717, 1.165) is 56.8 Å². The second-order valence-corrected chi connectivity index (χ2v) is 11.0. The summed E-state index contributed by atoms with van der Waals surface area (Å²) in [4.78, 5) is 40.2. The van der Waals surface area contributed by atoms with Crippen LogP contribution >= 0.6 is 27.3 Å². The Kier molecular flexibility index (Phi) is 6.00.